The van der Waals surface area contributed by atoms with Crippen LogP contribution >= 0.6 is 0 Å². The second-order valence-electron chi connectivity index (χ2n) is 2.32. The Bertz CT molecular complexity index is 303. The van der Waals surface area contributed by atoms with Crippen molar-refractivity contribution < 1.29 is 9.53 Å². The Labute approximate surface area is 71.5 Å². The monoisotopic (exact) mass is 162 g/mol. The number of aldehydes is 1. The predicted molar refractivity (Wildman–Crippen MR) is 48.5 cm³/mol. The van der Waals surface area contributed by atoms with Crippen molar-refractivity contribution in [3.8, 4) is 5.75 Å². The lowest BCUT2D eigenvalue weighted by molar-refractivity contribution is 0.112. The third kappa shape index (κ3) is 1.53. The molecule has 0 saturated heterocycles. The maximum Gasteiger partial charge on any atom is 0.150 e. The van der Waals surface area contributed by atoms with E-state index in [1.54, 1.807) is 31.4 Å². The van der Waals surface area contributed by atoms with Gasteiger partial charge < -0.3 is 4.74 Å². The van der Waals surface area contributed by atoms with Gasteiger partial charge in [0.1, 0.15) is 5.75 Å². The Morgan fingerprint density at radius 1 is 1.42 bits per heavy atom. The molecular formula is C10H10O2. The van der Waals surface area contributed by atoms with Crippen LogP contribution in [0.4, 0.5) is 0 Å². The molecule has 0 fully saturated rings. The minimum Gasteiger partial charge on any atom is -0.497 e. The molecule has 0 radical (unpaired) electrons. The first kappa shape index (κ1) is 8.53. The summed E-state index contributed by atoms with van der Waals surface area (Å²) in [6.07, 6.45) is 2.43. The lowest BCUT2D eigenvalue weighted by Gasteiger charge is -2.02. The van der Waals surface area contributed by atoms with E-state index in [0.717, 1.165) is 11.8 Å². The van der Waals surface area contributed by atoms with Gasteiger partial charge in [0.25, 0.3) is 0 Å². The van der Waals surface area contributed by atoms with Crippen LogP contribution in [-0.2, 0) is 0 Å². The zero-order chi connectivity index (χ0) is 8.97. The Hall–Kier alpha value is -1.57. The molecule has 0 saturated carbocycles. The van der Waals surface area contributed by atoms with Crippen molar-refractivity contribution in [3.63, 3.8) is 0 Å². The van der Waals surface area contributed by atoms with Crippen LogP contribution in [0.2, 0.25) is 0 Å². The normalized spacial score (nSPS) is 9.08. The van der Waals surface area contributed by atoms with Gasteiger partial charge >= 0.3 is 0 Å². The highest BCUT2D eigenvalue weighted by Gasteiger charge is 1.99. The van der Waals surface area contributed by atoms with E-state index in [2.05, 4.69) is 6.58 Å². The number of carbonyl (C=O) groups is 1. The fourth-order valence-electron chi connectivity index (χ4n) is 0.968. The SMILES string of the molecule is C=Cc1ccc(OC)cc1C=O. The Morgan fingerprint density at radius 2 is 2.17 bits per heavy atom. The molecule has 0 spiro atoms. The molecule has 0 bridgehead atoms. The lowest BCUT2D eigenvalue weighted by Crippen LogP contribution is -1.88. The number of hydrogen-bond donors (Lipinski definition) is 0. The summed E-state index contributed by atoms with van der Waals surface area (Å²) in [6, 6.07) is 5.28. The number of methoxy groups -OCH3 is 1. The van der Waals surface area contributed by atoms with Crippen LogP contribution in [0.15, 0.2) is 24.8 Å². The third-order valence-corrected chi connectivity index (χ3v) is 1.64. The molecule has 2 heteroatoms. The molecule has 0 aliphatic heterocycles. The van der Waals surface area contributed by atoms with Gasteiger partial charge in [-0.3, -0.25) is 4.79 Å². The molecule has 0 aliphatic carbocycles. The summed E-state index contributed by atoms with van der Waals surface area (Å²) >= 11 is 0. The highest BCUT2D eigenvalue weighted by Crippen LogP contribution is 2.16. The summed E-state index contributed by atoms with van der Waals surface area (Å²) < 4.78 is 4.96. The van der Waals surface area contributed by atoms with Crippen LogP contribution in [0.3, 0.4) is 0 Å². The van der Waals surface area contributed by atoms with Crippen LogP contribution in [0.5, 0.6) is 5.75 Å². The molecule has 0 heterocycles. The molecule has 0 atom stereocenters. The maximum absolute atomic E-state index is 10.6. The summed E-state index contributed by atoms with van der Waals surface area (Å²) in [5, 5.41) is 0. The molecule has 1 aromatic carbocycles. The Kier molecular flexibility index (Phi) is 2.64. The third-order valence-electron chi connectivity index (χ3n) is 1.64. The Morgan fingerprint density at radius 3 is 2.67 bits per heavy atom. The first-order valence-electron chi connectivity index (χ1n) is 3.57. The van der Waals surface area contributed by atoms with E-state index in [4.69, 9.17) is 4.74 Å². The standard InChI is InChI=1S/C10H10O2/c1-3-8-4-5-10(12-2)6-9(8)7-11/h3-7H,1H2,2H3. The quantitative estimate of drug-likeness (QED) is 0.636. The van der Waals surface area contributed by atoms with Gasteiger partial charge in [-0.05, 0) is 17.7 Å². The summed E-state index contributed by atoms with van der Waals surface area (Å²) in [6.45, 7) is 3.60. The van der Waals surface area contributed by atoms with Crippen molar-refractivity contribution in [1.29, 1.82) is 0 Å². The predicted octanol–water partition coefficient (Wildman–Crippen LogP) is 2.15. The largest absolute Gasteiger partial charge is 0.497 e. The molecule has 2 nitrogen and oxygen atoms in total. The fraction of sp³-hybridized carbons (Fsp3) is 0.100. The summed E-state index contributed by atoms with van der Waals surface area (Å²) in [7, 11) is 1.57. The molecule has 0 aliphatic rings. The molecule has 62 valence electrons. The Balaban J connectivity index is 3.18. The highest BCUT2D eigenvalue weighted by molar-refractivity contribution is 5.82. The smallest absolute Gasteiger partial charge is 0.150 e. The number of benzene rings is 1. The van der Waals surface area contributed by atoms with Crippen molar-refractivity contribution in [2.75, 3.05) is 7.11 Å². The molecule has 0 aromatic heterocycles. The van der Waals surface area contributed by atoms with E-state index < -0.39 is 0 Å². The van der Waals surface area contributed by atoms with Gasteiger partial charge in [0.2, 0.25) is 0 Å². The zero-order valence-corrected chi connectivity index (χ0v) is 6.91. The molecular weight excluding hydrogens is 152 g/mol. The van der Waals surface area contributed by atoms with E-state index >= 15 is 0 Å². The summed E-state index contributed by atoms with van der Waals surface area (Å²) in [5.41, 5.74) is 1.43. The number of ether oxygens (including phenoxy) is 1. The van der Waals surface area contributed by atoms with E-state index in [1.165, 1.54) is 0 Å². The van der Waals surface area contributed by atoms with Crippen molar-refractivity contribution >= 4 is 12.4 Å². The second-order valence-corrected chi connectivity index (χ2v) is 2.32. The van der Waals surface area contributed by atoms with Gasteiger partial charge in [0.15, 0.2) is 6.29 Å². The molecule has 0 unspecified atom stereocenters. The van der Waals surface area contributed by atoms with Crippen LogP contribution in [0.1, 0.15) is 15.9 Å². The zero-order valence-electron chi connectivity index (χ0n) is 6.91. The number of carbonyl (C=O) groups excluding carboxylic acids is 1. The second kappa shape index (κ2) is 3.72. The number of rotatable bonds is 3. The van der Waals surface area contributed by atoms with Gasteiger partial charge in [-0.1, -0.05) is 18.7 Å². The van der Waals surface area contributed by atoms with E-state index in [-0.39, 0.29) is 0 Å². The fourth-order valence-corrected chi connectivity index (χ4v) is 0.968. The summed E-state index contributed by atoms with van der Waals surface area (Å²) in [5.74, 6) is 0.683. The topological polar surface area (TPSA) is 26.3 Å². The maximum atomic E-state index is 10.6. The van der Waals surface area contributed by atoms with Crippen molar-refractivity contribution in [3.05, 3.63) is 35.9 Å². The van der Waals surface area contributed by atoms with Crippen molar-refractivity contribution in [2.45, 2.75) is 0 Å². The molecule has 0 amide bonds. The van der Waals surface area contributed by atoms with Gasteiger partial charge in [0, 0.05) is 5.56 Å². The molecule has 0 N–H and O–H groups in total. The van der Waals surface area contributed by atoms with Crippen molar-refractivity contribution in [2.24, 2.45) is 0 Å². The van der Waals surface area contributed by atoms with Crippen molar-refractivity contribution in [1.82, 2.24) is 0 Å². The van der Waals surface area contributed by atoms with E-state index in [0.29, 0.717) is 11.3 Å². The van der Waals surface area contributed by atoms with E-state index in [1.807, 2.05) is 0 Å². The summed E-state index contributed by atoms with van der Waals surface area (Å²) in [4.78, 5) is 10.6. The average molecular weight is 162 g/mol. The van der Waals surface area contributed by atoms with Crippen LogP contribution in [0.25, 0.3) is 6.08 Å². The molecule has 1 aromatic rings. The van der Waals surface area contributed by atoms with Crippen LogP contribution < -0.4 is 4.74 Å². The van der Waals surface area contributed by atoms with Crippen LogP contribution in [-0.4, -0.2) is 13.4 Å². The van der Waals surface area contributed by atoms with Crippen LogP contribution in [0, 0.1) is 0 Å². The van der Waals surface area contributed by atoms with Gasteiger partial charge in [0.05, 0.1) is 7.11 Å². The highest BCUT2D eigenvalue weighted by atomic mass is 16.5. The first-order chi connectivity index (χ1) is 5.81. The number of hydrogen-bond acceptors (Lipinski definition) is 2. The lowest BCUT2D eigenvalue weighted by atomic mass is 10.1. The minimum absolute atomic E-state index is 0.601. The van der Waals surface area contributed by atoms with E-state index in [9.17, 15) is 4.79 Å². The molecule has 12 heavy (non-hydrogen) atoms. The first-order valence-corrected chi connectivity index (χ1v) is 3.57. The average Bonchev–Trinajstić information content (AvgIpc) is 2.16. The minimum atomic E-state index is 0.601. The van der Waals surface area contributed by atoms with Gasteiger partial charge in [-0.25, -0.2) is 0 Å². The van der Waals surface area contributed by atoms with Gasteiger partial charge in [-0.15, -0.1) is 0 Å². The van der Waals surface area contributed by atoms with Gasteiger partial charge in [-0.2, -0.15) is 0 Å². The molecule has 1 rings (SSSR count).